The Morgan fingerprint density at radius 2 is 1.38 bits per heavy atom. The average Bonchev–Trinajstić information content (AvgIpc) is 3.34. The number of nitrogens with one attached hydrogen (secondary N) is 1. The number of rotatable bonds is 6. The number of fused-ring (bicyclic) bond motifs is 3. The molecule has 3 fully saturated rings. The minimum atomic E-state index is -0.989. The van der Waals surface area contributed by atoms with Crippen molar-refractivity contribution in [2.24, 2.45) is 5.41 Å². The molecule has 5 heterocycles. The zero-order valence-electron chi connectivity index (χ0n) is 33.5. The van der Waals surface area contributed by atoms with E-state index >= 15 is 0 Å². The van der Waals surface area contributed by atoms with Crippen molar-refractivity contribution in [3.63, 3.8) is 0 Å². The number of aromatic hydroxyl groups is 1. The summed E-state index contributed by atoms with van der Waals surface area (Å²) in [6, 6.07) is 24.1. The molecule has 60 heavy (non-hydrogen) atoms. The first kappa shape index (κ1) is 38.3. The van der Waals surface area contributed by atoms with Gasteiger partial charge in [-0.3, -0.25) is 39.1 Å². The number of nitrogens with zero attached hydrogens (tertiary/aromatic N) is 4. The fourth-order valence-electron chi connectivity index (χ4n) is 10.9. The summed E-state index contributed by atoms with van der Waals surface area (Å²) in [6.07, 6.45) is 5.31. The third kappa shape index (κ3) is 6.84. The molecule has 6 aliphatic rings. The lowest BCUT2D eigenvalue weighted by atomic mass is 9.69. The number of amides is 5. The van der Waals surface area contributed by atoms with Gasteiger partial charge in [-0.15, -0.1) is 0 Å². The highest BCUT2D eigenvalue weighted by atomic mass is 19.1. The minimum Gasteiger partial charge on any atom is -0.508 e. The maximum atomic E-state index is 13.9. The van der Waals surface area contributed by atoms with E-state index in [1.807, 2.05) is 29.2 Å². The number of phenolic OH excluding ortho intramolecular Hbond substituents is 1. The van der Waals surface area contributed by atoms with Crippen LogP contribution in [-0.2, 0) is 33.6 Å². The first-order chi connectivity index (χ1) is 29.0. The number of anilines is 1. The maximum Gasteiger partial charge on any atom is 0.262 e. The lowest BCUT2D eigenvalue weighted by Gasteiger charge is -2.54. The molecule has 4 aromatic rings. The number of hydrogen-bond donors (Lipinski definition) is 2. The molecule has 11 nitrogen and oxygen atoms in total. The van der Waals surface area contributed by atoms with Crippen LogP contribution < -0.4 is 10.2 Å². The number of likely N-dealkylation sites (tertiary alicyclic amines) is 1. The molecule has 2 N–H and O–H groups in total. The van der Waals surface area contributed by atoms with E-state index in [1.54, 1.807) is 30.3 Å². The molecule has 1 unspecified atom stereocenters. The molecular formula is C48H48FN5O6. The minimum absolute atomic E-state index is 0.0800. The molecule has 308 valence electrons. The van der Waals surface area contributed by atoms with Gasteiger partial charge in [0.2, 0.25) is 17.7 Å². The van der Waals surface area contributed by atoms with Crippen LogP contribution in [0, 0.1) is 11.2 Å². The van der Waals surface area contributed by atoms with Crippen LogP contribution in [0.4, 0.5) is 10.1 Å². The molecule has 0 bridgehead atoms. The largest absolute Gasteiger partial charge is 0.508 e. The van der Waals surface area contributed by atoms with Crippen LogP contribution in [0.1, 0.15) is 98.0 Å². The van der Waals surface area contributed by atoms with Crippen molar-refractivity contribution in [3.8, 4) is 5.75 Å². The fraction of sp³-hybridized carbons (Fsp3) is 0.396. The number of imide groups is 2. The van der Waals surface area contributed by atoms with Crippen molar-refractivity contribution in [2.75, 3.05) is 50.7 Å². The first-order valence-corrected chi connectivity index (χ1v) is 21.3. The summed E-state index contributed by atoms with van der Waals surface area (Å²) in [6.45, 7) is 5.05. The van der Waals surface area contributed by atoms with E-state index in [-0.39, 0.29) is 47.6 Å². The maximum absolute atomic E-state index is 13.9. The molecule has 10 rings (SSSR count). The van der Waals surface area contributed by atoms with E-state index in [0.29, 0.717) is 43.6 Å². The smallest absolute Gasteiger partial charge is 0.262 e. The van der Waals surface area contributed by atoms with Gasteiger partial charge in [-0.2, -0.15) is 0 Å². The Morgan fingerprint density at radius 1 is 0.733 bits per heavy atom. The van der Waals surface area contributed by atoms with Gasteiger partial charge in [-0.1, -0.05) is 30.3 Å². The lowest BCUT2D eigenvalue weighted by molar-refractivity contribution is -0.146. The molecule has 5 amide bonds. The Hall–Kier alpha value is -5.88. The Kier molecular flexibility index (Phi) is 9.58. The summed E-state index contributed by atoms with van der Waals surface area (Å²) < 4.78 is 13.9. The first-order valence-electron chi connectivity index (χ1n) is 21.3. The molecule has 1 aliphatic carbocycles. The number of aryl methyl sites for hydroxylation is 1. The van der Waals surface area contributed by atoms with Gasteiger partial charge in [0.1, 0.15) is 17.6 Å². The van der Waals surface area contributed by atoms with Crippen LogP contribution in [0.25, 0.3) is 0 Å². The van der Waals surface area contributed by atoms with Crippen molar-refractivity contribution in [3.05, 3.63) is 129 Å². The summed E-state index contributed by atoms with van der Waals surface area (Å²) in [5.41, 5.74) is 8.60. The lowest BCUT2D eigenvalue weighted by Crippen LogP contribution is -2.63. The fourth-order valence-corrected chi connectivity index (χ4v) is 10.9. The van der Waals surface area contributed by atoms with E-state index in [9.17, 15) is 33.5 Å². The summed E-state index contributed by atoms with van der Waals surface area (Å²) in [4.78, 5) is 72.1. The van der Waals surface area contributed by atoms with Gasteiger partial charge in [0, 0.05) is 62.7 Å². The van der Waals surface area contributed by atoms with E-state index in [4.69, 9.17) is 0 Å². The van der Waals surface area contributed by atoms with Crippen LogP contribution in [0.2, 0.25) is 0 Å². The van der Waals surface area contributed by atoms with Crippen LogP contribution >= 0.6 is 0 Å². The van der Waals surface area contributed by atoms with Gasteiger partial charge in [0.05, 0.1) is 17.7 Å². The van der Waals surface area contributed by atoms with Gasteiger partial charge >= 0.3 is 0 Å². The number of carbonyl (C=O) groups is 5. The molecule has 0 radical (unpaired) electrons. The van der Waals surface area contributed by atoms with Gasteiger partial charge in [-0.05, 0) is 133 Å². The predicted molar refractivity (Wildman–Crippen MR) is 221 cm³/mol. The molecular weight excluding hydrogens is 762 g/mol. The number of halogens is 1. The van der Waals surface area contributed by atoms with Crippen molar-refractivity contribution in [2.45, 2.75) is 69.2 Å². The highest BCUT2D eigenvalue weighted by molar-refractivity contribution is 6.23. The molecule has 0 saturated carbocycles. The molecule has 4 aromatic carbocycles. The highest BCUT2D eigenvalue weighted by Gasteiger charge is 2.48. The van der Waals surface area contributed by atoms with Gasteiger partial charge in [-0.25, -0.2) is 4.39 Å². The SMILES string of the molecule is O=C1CCC(N2C(=O)c3cc4c(cc3C2=O)CCN(CC(=O)N2CC3(CCN(c5ccc([C@@H]6c7ccc(O)cc7CC[C@@H]6c6ccc(F)cc6)cc5)CC3)C2)CC4)C(=O)N1. The van der Waals surface area contributed by atoms with Crippen LogP contribution in [0.15, 0.2) is 78.9 Å². The standard InChI is InChI=1S/C48H48FN5O6/c49-34-6-1-29(2-7-34)37-11-5-33-23-36(55)10-12-38(33)44(37)30-3-8-35(9-4-30)52-21-17-48(18-22-52)27-53(28-48)43(57)26-51-19-15-31-24-39-40(25-32(31)16-20-51)47(60)54(46(39)59)41-13-14-42(56)50-45(41)58/h1-4,6-10,12,23-25,37,41,44,55H,5,11,13-22,26-28H2,(H,50,56,58)/t37-,41?,44+/m1/s1. The quantitative estimate of drug-likeness (QED) is 0.251. The van der Waals surface area contributed by atoms with Crippen molar-refractivity contribution >= 4 is 35.2 Å². The zero-order valence-corrected chi connectivity index (χ0v) is 33.5. The number of carbonyl (C=O) groups excluding carboxylic acids is 5. The van der Waals surface area contributed by atoms with Crippen molar-refractivity contribution in [1.29, 1.82) is 0 Å². The van der Waals surface area contributed by atoms with Crippen LogP contribution in [0.3, 0.4) is 0 Å². The Bertz CT molecular complexity index is 2370. The Labute approximate surface area is 348 Å². The third-order valence-electron chi connectivity index (χ3n) is 14.2. The van der Waals surface area contributed by atoms with Gasteiger partial charge in [0.15, 0.2) is 0 Å². The van der Waals surface area contributed by atoms with Gasteiger partial charge in [0.25, 0.3) is 11.8 Å². The average molecular weight is 810 g/mol. The van der Waals surface area contributed by atoms with Crippen molar-refractivity contribution in [1.82, 2.24) is 20.0 Å². The van der Waals surface area contributed by atoms with Crippen LogP contribution in [0.5, 0.6) is 5.75 Å². The second-order valence-electron chi connectivity index (χ2n) is 17.8. The van der Waals surface area contributed by atoms with E-state index in [1.165, 1.54) is 16.8 Å². The summed E-state index contributed by atoms with van der Waals surface area (Å²) in [5, 5.41) is 12.5. The normalized spacial score (nSPS) is 23.8. The highest BCUT2D eigenvalue weighted by Crippen LogP contribution is 2.48. The Balaban J connectivity index is 0.731. The summed E-state index contributed by atoms with van der Waals surface area (Å²) in [7, 11) is 0. The van der Waals surface area contributed by atoms with E-state index in [0.717, 1.165) is 79.0 Å². The van der Waals surface area contributed by atoms with E-state index < -0.39 is 29.7 Å². The summed E-state index contributed by atoms with van der Waals surface area (Å²) in [5.74, 6) is -1.54. The molecule has 3 atom stereocenters. The monoisotopic (exact) mass is 809 g/mol. The molecule has 5 aliphatic heterocycles. The van der Waals surface area contributed by atoms with E-state index in [2.05, 4.69) is 39.4 Å². The molecule has 3 saturated heterocycles. The second kappa shape index (κ2) is 15.0. The third-order valence-corrected chi connectivity index (χ3v) is 14.2. The molecule has 1 spiro atoms. The number of hydrogen-bond acceptors (Lipinski definition) is 8. The molecule has 12 heteroatoms. The van der Waals surface area contributed by atoms with Gasteiger partial charge < -0.3 is 14.9 Å². The number of benzene rings is 4. The second-order valence-corrected chi connectivity index (χ2v) is 17.8. The summed E-state index contributed by atoms with van der Waals surface area (Å²) >= 11 is 0. The van der Waals surface area contributed by atoms with Crippen LogP contribution in [-0.4, -0.2) is 101 Å². The van der Waals surface area contributed by atoms with Crippen molar-refractivity contribution < 1.29 is 33.5 Å². The predicted octanol–water partition coefficient (Wildman–Crippen LogP) is 5.32. The topological polar surface area (TPSA) is 131 Å². The zero-order chi connectivity index (χ0) is 41.3. The molecule has 0 aromatic heterocycles. The number of phenols is 1. The number of piperidine rings is 2. The Morgan fingerprint density at radius 3 is 2.03 bits per heavy atom.